The van der Waals surface area contributed by atoms with Gasteiger partial charge >= 0.3 is 0 Å². The first-order valence-corrected chi connectivity index (χ1v) is 8.52. The van der Waals surface area contributed by atoms with Crippen molar-refractivity contribution in [2.45, 2.75) is 30.8 Å². The molecule has 22 heavy (non-hydrogen) atoms. The van der Waals surface area contributed by atoms with Gasteiger partial charge in [0.2, 0.25) is 0 Å². The number of hydrogen-bond donors (Lipinski definition) is 1. The van der Waals surface area contributed by atoms with Crippen LogP contribution in [0, 0.1) is 6.92 Å². The first kappa shape index (κ1) is 16.7. The summed E-state index contributed by atoms with van der Waals surface area (Å²) in [6, 6.07) is 15.4. The Morgan fingerprint density at radius 2 is 1.64 bits per heavy atom. The van der Waals surface area contributed by atoms with E-state index < -0.39 is 15.7 Å². The third kappa shape index (κ3) is 3.74. The highest BCUT2D eigenvalue weighted by atomic mass is 32.2. The molecule has 0 saturated carbocycles. The van der Waals surface area contributed by atoms with E-state index in [2.05, 4.69) is 0 Å². The number of benzene rings is 2. The average molecular weight is 320 g/mol. The van der Waals surface area contributed by atoms with Gasteiger partial charge < -0.3 is 5.11 Å². The van der Waals surface area contributed by atoms with Gasteiger partial charge in [-0.2, -0.15) is 8.42 Å². The van der Waals surface area contributed by atoms with Crippen molar-refractivity contribution < 1.29 is 17.7 Å². The fourth-order valence-electron chi connectivity index (χ4n) is 2.09. The van der Waals surface area contributed by atoms with Crippen LogP contribution in [0.2, 0.25) is 0 Å². The van der Waals surface area contributed by atoms with Crippen LogP contribution in [0.1, 0.15) is 24.5 Å². The van der Waals surface area contributed by atoms with Gasteiger partial charge in [-0.15, -0.1) is 0 Å². The maximum atomic E-state index is 12.2. The van der Waals surface area contributed by atoms with Gasteiger partial charge in [-0.3, -0.25) is 4.18 Å². The van der Waals surface area contributed by atoms with Crippen molar-refractivity contribution in [1.29, 1.82) is 0 Å². The second-order valence-corrected chi connectivity index (χ2v) is 6.90. The summed E-state index contributed by atoms with van der Waals surface area (Å²) in [5.41, 5.74) is 0.267. The number of aliphatic hydroxyl groups is 1. The molecule has 118 valence electrons. The Morgan fingerprint density at radius 3 is 2.18 bits per heavy atom. The molecule has 1 atom stereocenters. The molecular weight excluding hydrogens is 300 g/mol. The predicted octanol–water partition coefficient (Wildman–Crippen LogP) is 3.00. The van der Waals surface area contributed by atoms with Crippen molar-refractivity contribution in [3.63, 3.8) is 0 Å². The van der Waals surface area contributed by atoms with E-state index in [4.69, 9.17) is 4.18 Å². The van der Waals surface area contributed by atoms with Crippen molar-refractivity contribution in [2.24, 2.45) is 0 Å². The molecule has 0 saturated heterocycles. The highest BCUT2D eigenvalue weighted by Crippen LogP contribution is 2.26. The molecule has 0 aromatic heterocycles. The zero-order valence-corrected chi connectivity index (χ0v) is 13.5. The minimum absolute atomic E-state index is 0.0876. The summed E-state index contributed by atoms with van der Waals surface area (Å²) in [5, 5.41) is 10.7. The van der Waals surface area contributed by atoms with E-state index in [0.717, 1.165) is 5.56 Å². The highest BCUT2D eigenvalue weighted by Gasteiger charge is 2.30. The van der Waals surface area contributed by atoms with Crippen LogP contribution in [0.15, 0.2) is 59.5 Å². The molecule has 0 aliphatic heterocycles. The Morgan fingerprint density at radius 1 is 1.05 bits per heavy atom. The maximum absolute atomic E-state index is 12.2. The SMILES string of the molecule is CC[C@](O)(COS(=O)(=O)c1ccc(C)cc1)c1ccccc1. The van der Waals surface area contributed by atoms with Crippen LogP contribution >= 0.6 is 0 Å². The van der Waals surface area contributed by atoms with Gasteiger partial charge in [-0.1, -0.05) is 55.0 Å². The fraction of sp³-hybridized carbons (Fsp3) is 0.294. The Hall–Kier alpha value is -1.69. The predicted molar refractivity (Wildman–Crippen MR) is 84.9 cm³/mol. The van der Waals surface area contributed by atoms with Crippen molar-refractivity contribution in [3.05, 3.63) is 65.7 Å². The molecule has 0 unspecified atom stereocenters. The molecule has 0 aliphatic rings. The van der Waals surface area contributed by atoms with Gasteiger partial charge in [-0.05, 0) is 31.0 Å². The van der Waals surface area contributed by atoms with Gasteiger partial charge in [0.1, 0.15) is 5.60 Å². The van der Waals surface area contributed by atoms with Gasteiger partial charge in [-0.25, -0.2) is 0 Å². The van der Waals surface area contributed by atoms with Crippen LogP contribution in [0.3, 0.4) is 0 Å². The van der Waals surface area contributed by atoms with E-state index in [1.165, 1.54) is 12.1 Å². The quantitative estimate of drug-likeness (QED) is 0.831. The van der Waals surface area contributed by atoms with Crippen LogP contribution in [0.5, 0.6) is 0 Å². The van der Waals surface area contributed by atoms with E-state index in [1.807, 2.05) is 13.0 Å². The van der Waals surface area contributed by atoms with E-state index >= 15 is 0 Å². The van der Waals surface area contributed by atoms with Crippen LogP contribution in [0.25, 0.3) is 0 Å². The van der Waals surface area contributed by atoms with E-state index in [9.17, 15) is 13.5 Å². The van der Waals surface area contributed by atoms with Crippen molar-refractivity contribution in [3.8, 4) is 0 Å². The van der Waals surface area contributed by atoms with E-state index in [0.29, 0.717) is 12.0 Å². The van der Waals surface area contributed by atoms with Gasteiger partial charge in [0, 0.05) is 0 Å². The molecule has 0 spiro atoms. The van der Waals surface area contributed by atoms with Crippen LogP contribution < -0.4 is 0 Å². The second-order valence-electron chi connectivity index (χ2n) is 5.28. The molecule has 2 aromatic carbocycles. The minimum Gasteiger partial charge on any atom is -0.383 e. The molecule has 0 amide bonds. The highest BCUT2D eigenvalue weighted by molar-refractivity contribution is 7.86. The summed E-state index contributed by atoms with van der Waals surface area (Å²) in [6.45, 7) is 3.35. The molecule has 0 aliphatic carbocycles. The summed E-state index contributed by atoms with van der Waals surface area (Å²) in [7, 11) is -3.89. The molecule has 4 nitrogen and oxygen atoms in total. The van der Waals surface area contributed by atoms with Crippen molar-refractivity contribution in [1.82, 2.24) is 0 Å². The summed E-state index contributed by atoms with van der Waals surface area (Å²) < 4.78 is 29.5. The molecule has 0 bridgehead atoms. The Balaban J connectivity index is 2.18. The van der Waals surface area contributed by atoms with Gasteiger partial charge in [0.25, 0.3) is 10.1 Å². The van der Waals surface area contributed by atoms with Crippen molar-refractivity contribution in [2.75, 3.05) is 6.61 Å². The lowest BCUT2D eigenvalue weighted by atomic mass is 9.92. The molecule has 2 aromatic rings. The van der Waals surface area contributed by atoms with Gasteiger partial charge in [0.05, 0.1) is 11.5 Å². The van der Waals surface area contributed by atoms with Crippen molar-refractivity contribution >= 4 is 10.1 Å². The Labute approximate surface area is 131 Å². The molecule has 0 radical (unpaired) electrons. The fourth-order valence-corrected chi connectivity index (χ4v) is 3.04. The summed E-state index contributed by atoms with van der Waals surface area (Å²) in [6.07, 6.45) is 0.348. The Kier molecular flexibility index (Phi) is 5.01. The summed E-state index contributed by atoms with van der Waals surface area (Å²) in [5.74, 6) is 0. The lowest BCUT2D eigenvalue weighted by molar-refractivity contribution is -0.0110. The number of rotatable bonds is 6. The van der Waals surface area contributed by atoms with Crippen LogP contribution in [-0.2, 0) is 19.9 Å². The largest absolute Gasteiger partial charge is 0.383 e. The standard InChI is InChI=1S/C17H20O4S/c1-3-17(18,15-7-5-4-6-8-15)13-21-22(19,20)16-11-9-14(2)10-12-16/h4-12,18H,3,13H2,1-2H3/t17-/m0/s1. The van der Waals surface area contributed by atoms with Gasteiger partial charge in [0.15, 0.2) is 0 Å². The third-order valence-electron chi connectivity index (χ3n) is 3.66. The first-order valence-electron chi connectivity index (χ1n) is 7.11. The van der Waals surface area contributed by atoms with E-state index in [-0.39, 0.29) is 11.5 Å². The smallest absolute Gasteiger partial charge is 0.297 e. The molecule has 0 heterocycles. The van der Waals surface area contributed by atoms with Crippen LogP contribution in [0.4, 0.5) is 0 Å². The number of hydrogen-bond acceptors (Lipinski definition) is 4. The second kappa shape index (κ2) is 6.60. The topological polar surface area (TPSA) is 63.6 Å². The summed E-state index contributed by atoms with van der Waals surface area (Å²) >= 11 is 0. The summed E-state index contributed by atoms with van der Waals surface area (Å²) in [4.78, 5) is 0.0876. The Bertz CT molecular complexity index is 708. The maximum Gasteiger partial charge on any atom is 0.297 e. The molecule has 1 N–H and O–H groups in total. The monoisotopic (exact) mass is 320 g/mol. The first-order chi connectivity index (χ1) is 10.4. The van der Waals surface area contributed by atoms with Crippen LogP contribution in [-0.4, -0.2) is 20.1 Å². The average Bonchev–Trinajstić information content (AvgIpc) is 2.54. The van der Waals surface area contributed by atoms with E-state index in [1.54, 1.807) is 43.3 Å². The molecular formula is C17H20O4S. The lowest BCUT2D eigenvalue weighted by Gasteiger charge is -2.26. The number of aryl methyl sites for hydroxylation is 1. The zero-order valence-electron chi connectivity index (χ0n) is 12.7. The molecule has 2 rings (SSSR count). The molecule has 0 fully saturated rings. The lowest BCUT2D eigenvalue weighted by Crippen LogP contribution is -2.32. The third-order valence-corrected chi connectivity index (χ3v) is 4.94. The normalized spacial score (nSPS) is 14.5. The molecule has 5 heteroatoms. The minimum atomic E-state index is -3.89. The zero-order chi connectivity index (χ0) is 16.2.